The van der Waals surface area contributed by atoms with E-state index < -0.39 is 37.3 Å². The lowest BCUT2D eigenvalue weighted by Gasteiger charge is -2.18. The van der Waals surface area contributed by atoms with Crippen LogP contribution in [0.4, 0.5) is 5.82 Å². The molecule has 2 aliphatic heterocycles. The number of aromatic nitrogens is 7. The van der Waals surface area contributed by atoms with Crippen LogP contribution in [0.3, 0.4) is 0 Å². The Morgan fingerprint density at radius 3 is 2.73 bits per heavy atom. The Morgan fingerprint density at radius 2 is 2.00 bits per heavy atom. The molecule has 6 rings (SSSR count). The summed E-state index contributed by atoms with van der Waals surface area (Å²) in [4.78, 5) is 13.8. The molecule has 6 atom stereocenters. The Kier molecular flexibility index (Phi) is 6.27. The number of nitrogens with one attached hydrogen (secondary N) is 2. The predicted molar refractivity (Wildman–Crippen MR) is 127 cm³/mol. The second-order valence-electron chi connectivity index (χ2n) is 9.04. The number of imidazole rings is 1. The van der Waals surface area contributed by atoms with E-state index in [2.05, 4.69) is 35.7 Å². The van der Waals surface area contributed by atoms with Crippen molar-refractivity contribution < 1.29 is 29.9 Å². The van der Waals surface area contributed by atoms with Gasteiger partial charge in [0.2, 0.25) is 0 Å². The molecule has 0 radical (unpaired) electrons. The van der Waals surface area contributed by atoms with Gasteiger partial charge in [-0.1, -0.05) is 35.5 Å². The summed E-state index contributed by atoms with van der Waals surface area (Å²) in [6.07, 6.45) is -3.49. The van der Waals surface area contributed by atoms with E-state index in [-0.39, 0.29) is 17.6 Å². The number of aromatic amines is 1. The molecule has 14 nitrogen and oxygen atoms in total. The summed E-state index contributed by atoms with van der Waals surface area (Å²) in [6, 6.07) is 9.02. The fraction of sp³-hybridized carbons (Fsp3) is 0.435. The first kappa shape index (κ1) is 23.8. The lowest BCUT2D eigenvalue weighted by atomic mass is 10.1. The molecule has 6 N–H and O–H groups in total. The molecule has 14 heteroatoms. The maximum atomic E-state index is 11.0. The number of ether oxygens (including phenoxy) is 2. The van der Waals surface area contributed by atoms with Gasteiger partial charge >= 0.3 is 0 Å². The first-order chi connectivity index (χ1) is 18.0. The van der Waals surface area contributed by atoms with Gasteiger partial charge in [-0.2, -0.15) is 0 Å². The third kappa shape index (κ3) is 4.22. The highest BCUT2D eigenvalue weighted by atomic mass is 16.6. The lowest BCUT2D eigenvalue weighted by Crippen LogP contribution is -2.33. The van der Waals surface area contributed by atoms with E-state index in [0.29, 0.717) is 41.5 Å². The summed E-state index contributed by atoms with van der Waals surface area (Å²) in [5.74, 6) is 0.591. The molecule has 3 aromatic heterocycles. The quantitative estimate of drug-likeness (QED) is 0.187. The maximum absolute atomic E-state index is 11.0. The number of aliphatic hydroxyl groups excluding tert-OH is 4. The van der Waals surface area contributed by atoms with Gasteiger partial charge in [0, 0.05) is 6.61 Å². The number of hydrogen-bond donors (Lipinski definition) is 6. The van der Waals surface area contributed by atoms with E-state index in [9.17, 15) is 20.4 Å². The molecule has 2 fully saturated rings. The number of hydrogen-bond acceptors (Lipinski definition) is 12. The summed E-state index contributed by atoms with van der Waals surface area (Å²) >= 11 is 0. The number of H-pyrrole nitrogens is 1. The molecule has 2 saturated heterocycles. The van der Waals surface area contributed by atoms with Gasteiger partial charge in [0.05, 0.1) is 25.6 Å². The van der Waals surface area contributed by atoms with Gasteiger partial charge in [-0.25, -0.2) is 15.0 Å². The fourth-order valence-corrected chi connectivity index (χ4v) is 4.65. The van der Waals surface area contributed by atoms with Crippen molar-refractivity contribution in [1.82, 2.24) is 34.9 Å². The fourth-order valence-electron chi connectivity index (χ4n) is 4.65. The standard InChI is InChI=1S/C23H26N8O6/c32-8-13-18(34)19(35)23(37-13)31-10-24-16-21(25-12-6-7-36-9-12)26-20(27-22(16)31)15-14(28-30-29-15)17(33)11-4-2-1-3-5-11/h1-5,10,12-13,17-19,23,32-35H,6-9H2,(H,25,26,27)(H,28,29,30)/t12?,13-,17?,18-,19-,23-/m1/s1. The number of aliphatic hydroxyl groups is 4. The Hall–Kier alpha value is -3.53. The number of benzene rings is 1. The Bertz CT molecular complexity index is 1370. The second kappa shape index (κ2) is 9.74. The highest BCUT2D eigenvalue weighted by Crippen LogP contribution is 2.34. The van der Waals surface area contributed by atoms with Gasteiger partial charge < -0.3 is 35.2 Å². The molecule has 0 spiro atoms. The van der Waals surface area contributed by atoms with Crippen molar-refractivity contribution in [3.63, 3.8) is 0 Å². The van der Waals surface area contributed by atoms with Crippen LogP contribution in [0.25, 0.3) is 22.7 Å². The predicted octanol–water partition coefficient (Wildman–Crippen LogP) is -0.495. The molecule has 194 valence electrons. The van der Waals surface area contributed by atoms with Crippen LogP contribution in [0.15, 0.2) is 36.7 Å². The molecule has 37 heavy (non-hydrogen) atoms. The van der Waals surface area contributed by atoms with Crippen LogP contribution in [-0.2, 0) is 9.47 Å². The molecule has 4 aromatic rings. The summed E-state index contributed by atoms with van der Waals surface area (Å²) in [6.45, 7) is 0.657. The van der Waals surface area contributed by atoms with E-state index in [1.54, 1.807) is 12.1 Å². The van der Waals surface area contributed by atoms with E-state index >= 15 is 0 Å². The molecule has 0 aliphatic carbocycles. The van der Waals surface area contributed by atoms with Crippen LogP contribution in [-0.4, -0.2) is 99.5 Å². The molecular weight excluding hydrogens is 484 g/mol. The van der Waals surface area contributed by atoms with Crippen LogP contribution in [0.2, 0.25) is 0 Å². The normalized spacial score (nSPS) is 26.6. The van der Waals surface area contributed by atoms with Crippen molar-refractivity contribution in [3.05, 3.63) is 47.9 Å². The van der Waals surface area contributed by atoms with E-state index in [1.807, 2.05) is 18.2 Å². The Balaban J connectivity index is 1.46. The minimum atomic E-state index is -1.32. The third-order valence-corrected chi connectivity index (χ3v) is 6.66. The van der Waals surface area contributed by atoms with E-state index in [4.69, 9.17) is 9.47 Å². The molecule has 2 aliphatic rings. The third-order valence-electron chi connectivity index (χ3n) is 6.66. The zero-order valence-electron chi connectivity index (χ0n) is 19.5. The van der Waals surface area contributed by atoms with Crippen molar-refractivity contribution in [2.75, 3.05) is 25.1 Å². The number of nitrogens with zero attached hydrogens (tertiary/aromatic N) is 6. The van der Waals surface area contributed by atoms with Gasteiger partial charge in [-0.05, 0) is 12.0 Å². The molecular formula is C23H26N8O6. The first-order valence-corrected chi connectivity index (χ1v) is 11.9. The molecule has 0 bridgehead atoms. The minimum absolute atomic E-state index is 0.000663. The van der Waals surface area contributed by atoms with Crippen LogP contribution >= 0.6 is 0 Å². The average molecular weight is 511 g/mol. The average Bonchev–Trinajstić information content (AvgIpc) is 3.72. The minimum Gasteiger partial charge on any atom is -0.394 e. The van der Waals surface area contributed by atoms with Gasteiger partial charge in [-0.15, -0.1) is 5.10 Å². The molecule has 0 saturated carbocycles. The first-order valence-electron chi connectivity index (χ1n) is 11.9. The van der Waals surface area contributed by atoms with Gasteiger partial charge in [0.1, 0.15) is 35.8 Å². The monoisotopic (exact) mass is 510 g/mol. The molecule has 0 amide bonds. The van der Waals surface area contributed by atoms with Crippen LogP contribution in [0, 0.1) is 0 Å². The van der Waals surface area contributed by atoms with E-state index in [1.165, 1.54) is 10.9 Å². The summed E-state index contributed by atoms with van der Waals surface area (Å²) in [7, 11) is 0. The van der Waals surface area contributed by atoms with Crippen molar-refractivity contribution in [1.29, 1.82) is 0 Å². The topological polar surface area (TPSA) is 197 Å². The van der Waals surface area contributed by atoms with Crippen molar-refractivity contribution >= 4 is 17.0 Å². The van der Waals surface area contributed by atoms with E-state index in [0.717, 1.165) is 6.42 Å². The van der Waals surface area contributed by atoms with Gasteiger partial charge in [0.25, 0.3) is 0 Å². The molecule has 2 unspecified atom stereocenters. The summed E-state index contributed by atoms with van der Waals surface area (Å²) in [5, 5.41) is 55.5. The van der Waals surface area contributed by atoms with Gasteiger partial charge in [0.15, 0.2) is 29.0 Å². The number of fused-ring (bicyclic) bond motifs is 1. The summed E-state index contributed by atoms with van der Waals surface area (Å²) in [5.41, 5.74) is 1.87. The smallest absolute Gasteiger partial charge is 0.183 e. The molecule has 5 heterocycles. The Morgan fingerprint density at radius 1 is 1.16 bits per heavy atom. The van der Waals surface area contributed by atoms with Crippen LogP contribution < -0.4 is 5.32 Å². The highest BCUT2D eigenvalue weighted by Gasteiger charge is 2.44. The number of rotatable bonds is 7. The van der Waals surface area contributed by atoms with Gasteiger partial charge in [-0.3, -0.25) is 9.67 Å². The SMILES string of the molecule is OC[C@H]1O[C@@H](n2cnc3c(NC4CCOC4)nc(-c4[nH]nnc4C(O)c4ccccc4)nc32)[C@H](O)[C@@H]1O. The van der Waals surface area contributed by atoms with Crippen molar-refractivity contribution in [2.24, 2.45) is 0 Å². The van der Waals surface area contributed by atoms with Crippen molar-refractivity contribution in [3.8, 4) is 11.5 Å². The second-order valence-corrected chi connectivity index (χ2v) is 9.04. The van der Waals surface area contributed by atoms with Crippen LogP contribution in [0.1, 0.15) is 30.0 Å². The van der Waals surface area contributed by atoms with Crippen LogP contribution in [0.5, 0.6) is 0 Å². The number of anilines is 1. The molecule has 1 aromatic carbocycles. The van der Waals surface area contributed by atoms with Crippen molar-refractivity contribution in [2.45, 2.75) is 43.1 Å². The zero-order valence-corrected chi connectivity index (χ0v) is 19.5. The Labute approximate surface area is 209 Å². The summed E-state index contributed by atoms with van der Waals surface area (Å²) < 4.78 is 12.7. The zero-order chi connectivity index (χ0) is 25.5. The lowest BCUT2D eigenvalue weighted by molar-refractivity contribution is -0.0511. The maximum Gasteiger partial charge on any atom is 0.183 e. The largest absolute Gasteiger partial charge is 0.394 e. The highest BCUT2D eigenvalue weighted by molar-refractivity contribution is 5.85.